The summed E-state index contributed by atoms with van der Waals surface area (Å²) >= 11 is 0. The fraction of sp³-hybridized carbons (Fsp3) is 0.565. The Labute approximate surface area is 183 Å². The van der Waals surface area contributed by atoms with Crippen molar-refractivity contribution in [3.05, 3.63) is 36.3 Å². The highest BCUT2D eigenvalue weighted by Gasteiger charge is 2.38. The molecule has 8 heteroatoms. The van der Waals surface area contributed by atoms with Crippen molar-refractivity contribution in [2.45, 2.75) is 63.6 Å². The van der Waals surface area contributed by atoms with Crippen LogP contribution in [0.2, 0.25) is 0 Å². The van der Waals surface area contributed by atoms with Crippen LogP contribution in [0.3, 0.4) is 0 Å². The Morgan fingerprint density at radius 2 is 1.97 bits per heavy atom. The van der Waals surface area contributed by atoms with E-state index in [9.17, 15) is 9.59 Å². The van der Waals surface area contributed by atoms with Gasteiger partial charge in [-0.15, -0.1) is 0 Å². The molecular weight excluding hydrogens is 392 g/mol. The van der Waals surface area contributed by atoms with Crippen LogP contribution in [-0.2, 0) is 23.2 Å². The lowest BCUT2D eigenvalue weighted by Gasteiger charge is -2.32. The molecule has 8 nitrogen and oxygen atoms in total. The minimum Gasteiger partial charge on any atom is -0.349 e. The Morgan fingerprint density at radius 1 is 1.16 bits per heavy atom. The number of aryl methyl sites for hydroxylation is 1. The number of hydrogen-bond donors (Lipinski definition) is 2. The zero-order valence-corrected chi connectivity index (χ0v) is 18.2. The maximum atomic E-state index is 13.0. The van der Waals surface area contributed by atoms with Crippen LogP contribution >= 0.6 is 0 Å². The molecule has 31 heavy (non-hydrogen) atoms. The smallest absolute Gasteiger partial charge is 0.243 e. The van der Waals surface area contributed by atoms with E-state index in [-0.39, 0.29) is 17.7 Å². The fourth-order valence-electron chi connectivity index (χ4n) is 4.82. The summed E-state index contributed by atoms with van der Waals surface area (Å²) in [5.41, 5.74) is 9.05. The third kappa shape index (κ3) is 4.79. The topological polar surface area (TPSA) is 106 Å². The van der Waals surface area contributed by atoms with Crippen LogP contribution in [-0.4, -0.2) is 50.1 Å². The van der Waals surface area contributed by atoms with Gasteiger partial charge in [-0.25, -0.2) is 0 Å². The van der Waals surface area contributed by atoms with Crippen molar-refractivity contribution < 1.29 is 9.59 Å². The molecule has 3 heterocycles. The summed E-state index contributed by atoms with van der Waals surface area (Å²) in [6.07, 6.45) is 10.6. The molecule has 1 aliphatic carbocycles. The molecule has 2 aromatic rings. The van der Waals surface area contributed by atoms with E-state index < -0.39 is 12.1 Å². The monoisotopic (exact) mass is 424 g/mol. The van der Waals surface area contributed by atoms with Crippen molar-refractivity contribution in [3.63, 3.8) is 0 Å². The summed E-state index contributed by atoms with van der Waals surface area (Å²) in [6.45, 7) is 0.937. The highest BCUT2D eigenvalue weighted by Crippen LogP contribution is 2.28. The third-order valence-electron chi connectivity index (χ3n) is 6.67. The molecule has 1 saturated carbocycles. The van der Waals surface area contributed by atoms with Gasteiger partial charge in [0.15, 0.2) is 0 Å². The van der Waals surface area contributed by atoms with Crippen molar-refractivity contribution in [3.8, 4) is 11.3 Å². The fourth-order valence-corrected chi connectivity index (χ4v) is 4.82. The molecule has 0 bridgehead atoms. The first-order valence-corrected chi connectivity index (χ1v) is 11.3. The summed E-state index contributed by atoms with van der Waals surface area (Å²) in [4.78, 5) is 32.0. The normalized spacial score (nSPS) is 20.6. The van der Waals surface area contributed by atoms with Gasteiger partial charge in [-0.3, -0.25) is 19.3 Å². The van der Waals surface area contributed by atoms with E-state index in [1.165, 1.54) is 6.42 Å². The van der Waals surface area contributed by atoms with Gasteiger partial charge >= 0.3 is 0 Å². The number of nitrogens with zero attached hydrogens (tertiary/aromatic N) is 4. The Hall–Kier alpha value is -2.74. The molecule has 2 amide bonds. The quantitative estimate of drug-likeness (QED) is 0.738. The average Bonchev–Trinajstić information content (AvgIpc) is 3.47. The first kappa shape index (κ1) is 21.5. The Kier molecular flexibility index (Phi) is 6.65. The summed E-state index contributed by atoms with van der Waals surface area (Å²) in [6, 6.07) is 4.88. The summed E-state index contributed by atoms with van der Waals surface area (Å²) < 4.78 is 1.79. The van der Waals surface area contributed by atoms with Crippen LogP contribution in [0.4, 0.5) is 0 Å². The Morgan fingerprint density at radius 3 is 2.65 bits per heavy atom. The SMILES string of the molecule is Cn1nccc1-c1ccc(CNC(=O)C2CCCN2C(=O)C(N)C2CCCCC2)nc1. The van der Waals surface area contributed by atoms with Crippen LogP contribution in [0.25, 0.3) is 11.3 Å². The van der Waals surface area contributed by atoms with Crippen molar-refractivity contribution in [1.82, 2.24) is 25.0 Å². The maximum Gasteiger partial charge on any atom is 0.243 e. The molecule has 4 rings (SSSR count). The molecule has 2 unspecified atom stereocenters. The van der Waals surface area contributed by atoms with Crippen LogP contribution in [0.1, 0.15) is 50.6 Å². The molecule has 0 radical (unpaired) electrons. The van der Waals surface area contributed by atoms with E-state index in [1.54, 1.807) is 22.0 Å². The number of likely N-dealkylation sites (tertiary alicyclic amines) is 1. The number of rotatable bonds is 6. The van der Waals surface area contributed by atoms with Gasteiger partial charge in [-0.05, 0) is 49.8 Å². The molecular formula is C23H32N6O2. The van der Waals surface area contributed by atoms with Crippen LogP contribution in [0.15, 0.2) is 30.6 Å². The number of amides is 2. The second kappa shape index (κ2) is 9.60. The maximum absolute atomic E-state index is 13.0. The minimum atomic E-state index is -0.491. The molecule has 2 aromatic heterocycles. The van der Waals surface area contributed by atoms with Gasteiger partial charge in [0.25, 0.3) is 0 Å². The second-order valence-corrected chi connectivity index (χ2v) is 8.71. The first-order chi connectivity index (χ1) is 15.0. The number of nitrogens with one attached hydrogen (secondary N) is 1. The van der Waals surface area contributed by atoms with E-state index in [4.69, 9.17) is 5.73 Å². The highest BCUT2D eigenvalue weighted by atomic mass is 16.2. The number of carbonyl (C=O) groups excluding carboxylic acids is 2. The van der Waals surface area contributed by atoms with Gasteiger partial charge in [0.2, 0.25) is 11.8 Å². The van der Waals surface area contributed by atoms with Crippen molar-refractivity contribution in [1.29, 1.82) is 0 Å². The molecule has 0 aromatic carbocycles. The van der Waals surface area contributed by atoms with E-state index in [1.807, 2.05) is 25.2 Å². The minimum absolute atomic E-state index is 0.0665. The highest BCUT2D eigenvalue weighted by molar-refractivity contribution is 5.90. The Bertz CT molecular complexity index is 903. The van der Waals surface area contributed by atoms with Gasteiger partial charge in [0.1, 0.15) is 6.04 Å². The lowest BCUT2D eigenvalue weighted by molar-refractivity contribution is -0.140. The van der Waals surface area contributed by atoms with Crippen molar-refractivity contribution in [2.75, 3.05) is 6.54 Å². The van der Waals surface area contributed by atoms with E-state index in [2.05, 4.69) is 15.4 Å². The zero-order valence-electron chi connectivity index (χ0n) is 18.2. The predicted molar refractivity (Wildman–Crippen MR) is 118 cm³/mol. The molecule has 3 N–H and O–H groups in total. The number of hydrogen-bond acceptors (Lipinski definition) is 5. The summed E-state index contributed by atoms with van der Waals surface area (Å²) in [7, 11) is 1.89. The standard InChI is InChI=1S/C23H32N6O2/c1-28-19(11-12-27-28)17-9-10-18(25-14-17)15-26-22(30)20-8-5-13-29(20)23(31)21(24)16-6-3-2-4-7-16/h9-12,14,16,20-21H,2-8,13,15,24H2,1H3,(H,26,30). The van der Waals surface area contributed by atoms with Gasteiger partial charge in [0.05, 0.1) is 24.0 Å². The van der Waals surface area contributed by atoms with Crippen molar-refractivity contribution >= 4 is 11.8 Å². The largest absolute Gasteiger partial charge is 0.349 e. The van der Waals surface area contributed by atoms with E-state index in [0.717, 1.165) is 49.1 Å². The molecule has 2 aliphatic rings. The number of pyridine rings is 1. The number of carbonyl (C=O) groups is 2. The third-order valence-corrected chi connectivity index (χ3v) is 6.67. The lowest BCUT2D eigenvalue weighted by Crippen LogP contribution is -2.53. The van der Waals surface area contributed by atoms with Crippen LogP contribution in [0.5, 0.6) is 0 Å². The zero-order chi connectivity index (χ0) is 21.8. The van der Waals surface area contributed by atoms with Gasteiger partial charge < -0.3 is 16.0 Å². The summed E-state index contributed by atoms with van der Waals surface area (Å²) in [5, 5.41) is 7.13. The predicted octanol–water partition coefficient (Wildman–Crippen LogP) is 2.00. The average molecular weight is 425 g/mol. The molecule has 1 saturated heterocycles. The summed E-state index contributed by atoms with van der Waals surface area (Å²) in [5.74, 6) is 0.0510. The van der Waals surface area contributed by atoms with E-state index >= 15 is 0 Å². The van der Waals surface area contributed by atoms with Gasteiger partial charge in [-0.1, -0.05) is 19.3 Å². The van der Waals surface area contributed by atoms with Crippen LogP contribution < -0.4 is 11.1 Å². The molecule has 0 spiro atoms. The molecule has 1 aliphatic heterocycles. The number of aromatic nitrogens is 3. The second-order valence-electron chi connectivity index (χ2n) is 8.71. The molecule has 166 valence electrons. The molecule has 2 atom stereocenters. The lowest BCUT2D eigenvalue weighted by atomic mass is 9.83. The van der Waals surface area contributed by atoms with Crippen LogP contribution in [0, 0.1) is 5.92 Å². The van der Waals surface area contributed by atoms with Gasteiger partial charge in [0, 0.05) is 31.5 Å². The molecule has 2 fully saturated rings. The Balaban J connectivity index is 1.33. The number of nitrogens with two attached hydrogens (primary N) is 1. The van der Waals surface area contributed by atoms with E-state index in [0.29, 0.717) is 19.5 Å². The first-order valence-electron chi connectivity index (χ1n) is 11.3. The van der Waals surface area contributed by atoms with Crippen molar-refractivity contribution in [2.24, 2.45) is 18.7 Å². The van der Waals surface area contributed by atoms with Gasteiger partial charge in [-0.2, -0.15) is 5.10 Å².